The zero-order valence-corrected chi connectivity index (χ0v) is 19.6. The van der Waals surface area contributed by atoms with Crippen molar-refractivity contribution < 1.29 is 14.3 Å². The van der Waals surface area contributed by atoms with Gasteiger partial charge in [-0.15, -0.1) is 23.1 Å². The topological polar surface area (TPSA) is 60.5 Å². The average Bonchev–Trinajstić information content (AvgIpc) is 3.21. The van der Waals surface area contributed by atoms with Crippen LogP contribution in [-0.4, -0.2) is 30.6 Å². The highest BCUT2D eigenvalue weighted by molar-refractivity contribution is 7.98. The number of rotatable bonds is 7. The highest BCUT2D eigenvalue weighted by Gasteiger charge is 2.24. The molecule has 0 unspecified atom stereocenters. The lowest BCUT2D eigenvalue weighted by Gasteiger charge is -2.28. The van der Waals surface area contributed by atoms with Gasteiger partial charge in [0.1, 0.15) is 13.2 Å². The summed E-state index contributed by atoms with van der Waals surface area (Å²) in [4.78, 5) is 18.3. The van der Waals surface area contributed by atoms with E-state index in [4.69, 9.17) is 9.47 Å². The molecule has 1 N–H and O–H groups in total. The van der Waals surface area contributed by atoms with Gasteiger partial charge in [0, 0.05) is 33.6 Å². The summed E-state index contributed by atoms with van der Waals surface area (Å²) in [5.41, 5.74) is 2.61. The second kappa shape index (κ2) is 9.32. The van der Waals surface area contributed by atoms with E-state index < -0.39 is 0 Å². The second-order valence-electron chi connectivity index (χ2n) is 8.10. The summed E-state index contributed by atoms with van der Waals surface area (Å²) in [6.45, 7) is 7.89. The molecule has 0 saturated carbocycles. The number of aryl methyl sites for hydroxylation is 1. The predicted molar refractivity (Wildman–Crippen MR) is 126 cm³/mol. The van der Waals surface area contributed by atoms with Crippen molar-refractivity contribution in [2.45, 2.75) is 36.8 Å². The van der Waals surface area contributed by atoms with E-state index in [1.54, 1.807) is 23.1 Å². The minimum Gasteiger partial charge on any atom is -0.486 e. The molecule has 162 valence electrons. The van der Waals surface area contributed by atoms with Gasteiger partial charge in [0.25, 0.3) is 5.91 Å². The van der Waals surface area contributed by atoms with Crippen LogP contribution in [-0.2, 0) is 11.2 Å². The van der Waals surface area contributed by atoms with E-state index in [2.05, 4.69) is 29.5 Å². The van der Waals surface area contributed by atoms with E-state index in [-0.39, 0.29) is 11.3 Å². The molecule has 0 fully saturated rings. The molecule has 1 aromatic heterocycles. The Bertz CT molecular complexity index is 1060. The summed E-state index contributed by atoms with van der Waals surface area (Å²) in [5, 5.41) is 6.25. The van der Waals surface area contributed by atoms with E-state index in [0.29, 0.717) is 25.3 Å². The first-order chi connectivity index (χ1) is 14.9. The molecular weight excluding hydrogens is 428 g/mol. The van der Waals surface area contributed by atoms with E-state index in [0.717, 1.165) is 38.4 Å². The van der Waals surface area contributed by atoms with Crippen molar-refractivity contribution in [1.29, 1.82) is 0 Å². The van der Waals surface area contributed by atoms with Crippen LogP contribution in [0.5, 0.6) is 11.5 Å². The maximum absolute atomic E-state index is 12.7. The molecule has 1 aliphatic rings. The van der Waals surface area contributed by atoms with Gasteiger partial charge >= 0.3 is 0 Å². The molecular formula is C24H26N2O3S2. The number of nitrogens with one attached hydrogen (secondary N) is 1. The molecule has 3 aromatic rings. The number of aromatic nitrogens is 1. The predicted octanol–water partition coefficient (Wildman–Crippen LogP) is 5.22. The number of thioether (sulfide) groups is 1. The molecule has 2 aromatic carbocycles. The van der Waals surface area contributed by atoms with Crippen LogP contribution in [0.25, 0.3) is 0 Å². The van der Waals surface area contributed by atoms with Crippen molar-refractivity contribution in [2.24, 2.45) is 0 Å². The largest absolute Gasteiger partial charge is 0.486 e. The number of ether oxygens (including phenoxy) is 2. The highest BCUT2D eigenvalue weighted by atomic mass is 32.2. The Morgan fingerprint density at radius 2 is 1.87 bits per heavy atom. The van der Waals surface area contributed by atoms with Gasteiger partial charge in [0.2, 0.25) is 0 Å². The van der Waals surface area contributed by atoms with Crippen LogP contribution in [0.3, 0.4) is 0 Å². The summed E-state index contributed by atoms with van der Waals surface area (Å²) < 4.78 is 11.3. The first-order valence-electron chi connectivity index (χ1n) is 10.2. The lowest BCUT2D eigenvalue weighted by Crippen LogP contribution is -2.36. The van der Waals surface area contributed by atoms with E-state index in [1.165, 1.54) is 0 Å². The number of carbonyl (C=O) groups excluding carboxylic acids is 1. The van der Waals surface area contributed by atoms with Crippen molar-refractivity contribution in [3.63, 3.8) is 0 Å². The molecule has 4 rings (SSSR count). The van der Waals surface area contributed by atoms with Gasteiger partial charge in [-0.05, 0) is 48.9 Å². The molecule has 1 aliphatic heterocycles. The number of amides is 1. The van der Waals surface area contributed by atoms with Crippen LogP contribution in [0.2, 0.25) is 0 Å². The molecule has 0 atom stereocenters. The van der Waals surface area contributed by atoms with Gasteiger partial charge < -0.3 is 14.8 Å². The molecule has 0 saturated heterocycles. The van der Waals surface area contributed by atoms with Crippen molar-refractivity contribution in [3.8, 4) is 11.5 Å². The maximum Gasteiger partial charge on any atom is 0.251 e. The fraction of sp³-hybridized carbons (Fsp3) is 0.333. The van der Waals surface area contributed by atoms with Crippen molar-refractivity contribution in [3.05, 3.63) is 69.7 Å². The molecule has 0 aliphatic carbocycles. The summed E-state index contributed by atoms with van der Waals surface area (Å²) in [7, 11) is 0. The minimum absolute atomic E-state index is 0.0719. The quantitative estimate of drug-likeness (QED) is 0.496. The lowest BCUT2D eigenvalue weighted by molar-refractivity contribution is 0.0945. The maximum atomic E-state index is 12.7. The van der Waals surface area contributed by atoms with Gasteiger partial charge in [-0.2, -0.15) is 0 Å². The smallest absolute Gasteiger partial charge is 0.251 e. The summed E-state index contributed by atoms with van der Waals surface area (Å²) in [5.74, 6) is 2.30. The van der Waals surface area contributed by atoms with Gasteiger partial charge in [-0.25, -0.2) is 4.98 Å². The summed E-state index contributed by atoms with van der Waals surface area (Å²) >= 11 is 3.39. The summed E-state index contributed by atoms with van der Waals surface area (Å²) in [6, 6.07) is 13.7. The van der Waals surface area contributed by atoms with Gasteiger partial charge in [0.05, 0.1) is 10.7 Å². The molecule has 5 nitrogen and oxygen atoms in total. The highest BCUT2D eigenvalue weighted by Crippen LogP contribution is 2.35. The van der Waals surface area contributed by atoms with Gasteiger partial charge in [-0.3, -0.25) is 4.79 Å². The molecule has 0 radical (unpaired) electrons. The average molecular weight is 455 g/mol. The number of carbonyl (C=O) groups is 1. The van der Waals surface area contributed by atoms with Crippen LogP contribution in [0.1, 0.15) is 40.5 Å². The van der Waals surface area contributed by atoms with Crippen LogP contribution in [0.15, 0.2) is 52.7 Å². The van der Waals surface area contributed by atoms with Gasteiger partial charge in [0.15, 0.2) is 11.5 Å². The van der Waals surface area contributed by atoms with Crippen LogP contribution < -0.4 is 14.8 Å². The Balaban J connectivity index is 1.33. The van der Waals surface area contributed by atoms with Crippen molar-refractivity contribution in [2.75, 3.05) is 19.8 Å². The first-order valence-corrected chi connectivity index (χ1v) is 12.1. The van der Waals surface area contributed by atoms with E-state index in [1.807, 2.05) is 49.4 Å². The molecule has 0 spiro atoms. The Hall–Kier alpha value is -2.51. The third kappa shape index (κ3) is 5.40. The van der Waals surface area contributed by atoms with Crippen molar-refractivity contribution in [1.82, 2.24) is 10.3 Å². The number of benzene rings is 2. The normalized spacial score (nSPS) is 13.1. The third-order valence-electron chi connectivity index (χ3n) is 5.18. The standard InChI is InChI=1S/C24H26N2O3S2/c1-16-26-19(13-30-16)14-31-20-7-4-17(5-8-20)23(27)25-15-24(2,3)18-6-9-21-22(12-18)29-11-10-28-21/h4-9,12-13H,10-11,14-15H2,1-3H3,(H,25,27). The third-order valence-corrected chi connectivity index (χ3v) is 7.05. The Labute approximate surface area is 191 Å². The van der Waals surface area contributed by atoms with E-state index in [9.17, 15) is 4.79 Å². The number of hydrogen-bond acceptors (Lipinski definition) is 6. The molecule has 1 amide bonds. The minimum atomic E-state index is -0.243. The van der Waals surface area contributed by atoms with Gasteiger partial charge in [-0.1, -0.05) is 19.9 Å². The molecule has 2 heterocycles. The number of hydrogen-bond donors (Lipinski definition) is 1. The fourth-order valence-corrected chi connectivity index (χ4v) is 4.81. The number of nitrogens with zero attached hydrogens (tertiary/aromatic N) is 1. The zero-order chi connectivity index (χ0) is 21.8. The number of thiazole rings is 1. The van der Waals surface area contributed by atoms with E-state index >= 15 is 0 Å². The Morgan fingerprint density at radius 1 is 1.13 bits per heavy atom. The van der Waals surface area contributed by atoms with Crippen LogP contribution >= 0.6 is 23.1 Å². The second-order valence-corrected chi connectivity index (χ2v) is 10.2. The number of fused-ring (bicyclic) bond motifs is 1. The Kier molecular flexibility index (Phi) is 6.53. The molecule has 0 bridgehead atoms. The van der Waals surface area contributed by atoms with Crippen molar-refractivity contribution >= 4 is 29.0 Å². The summed E-state index contributed by atoms with van der Waals surface area (Å²) in [6.07, 6.45) is 0. The SMILES string of the molecule is Cc1nc(CSc2ccc(C(=O)NCC(C)(C)c3ccc4c(c3)OCCO4)cc2)cs1. The molecule has 7 heteroatoms. The van der Waals surface area contributed by atoms with Crippen LogP contribution in [0.4, 0.5) is 0 Å². The van der Waals surface area contributed by atoms with Crippen LogP contribution in [0, 0.1) is 6.92 Å². The Morgan fingerprint density at radius 3 is 2.58 bits per heavy atom. The lowest BCUT2D eigenvalue weighted by atomic mass is 9.84. The molecule has 31 heavy (non-hydrogen) atoms. The zero-order valence-electron chi connectivity index (χ0n) is 17.9. The first kappa shape index (κ1) is 21.7. The monoisotopic (exact) mass is 454 g/mol. The fourth-order valence-electron chi connectivity index (χ4n) is 3.30.